The second kappa shape index (κ2) is 26.1. The van der Waals surface area contributed by atoms with Crippen LogP contribution in [0.15, 0.2) is 48.6 Å². The number of allylic oxidation sites excluding steroid dienone is 4. The molecule has 0 heterocycles. The molecular formula is C34H64. The van der Waals surface area contributed by atoms with Crippen molar-refractivity contribution in [2.45, 2.75) is 142 Å². The Morgan fingerprint density at radius 1 is 0.765 bits per heavy atom. The summed E-state index contributed by atoms with van der Waals surface area (Å²) in [5.41, 5.74) is 8.57. The highest BCUT2D eigenvalue weighted by Crippen LogP contribution is 2.32. The molecule has 0 spiro atoms. The Hall–Kier alpha value is -1.56. The summed E-state index contributed by atoms with van der Waals surface area (Å²) in [7, 11) is 0. The largest absolute Gasteiger partial charge is 0.100 e. The van der Waals surface area contributed by atoms with Crippen molar-refractivity contribution >= 4 is 0 Å². The average Bonchev–Trinajstić information content (AvgIpc) is 2.74. The molecule has 0 fully saturated rings. The van der Waals surface area contributed by atoms with E-state index in [1.54, 1.807) is 0 Å². The average molecular weight is 473 g/mol. The summed E-state index contributed by atoms with van der Waals surface area (Å²) in [6.45, 7) is 37.6. The molecule has 0 saturated heterocycles. The van der Waals surface area contributed by atoms with Crippen LogP contribution in [0.1, 0.15) is 136 Å². The van der Waals surface area contributed by atoms with E-state index in [4.69, 9.17) is 0 Å². The standard InChI is InChI=1S/C10H14.C10H22.C6H10.C5H10.C3H8/c1-7-5-9(3)10(4)6-8(7)2;1-5-8-10(4,7-3)9-6-2;1-4-5-6(2)3;1-4-5(2)3;1-3-2/h5-6H,1-4H3;5-9H2,1-4H3;4-5H,2H2,1,3H3;2,4H2,1,3H3;3H2,1-2H3/b;;5-4-;;. The van der Waals surface area contributed by atoms with Crippen molar-refractivity contribution in [3.8, 4) is 0 Å². The summed E-state index contributed by atoms with van der Waals surface area (Å²) in [6.07, 6.45) is 13.1. The van der Waals surface area contributed by atoms with E-state index in [9.17, 15) is 0 Å². The van der Waals surface area contributed by atoms with Crippen LogP contribution < -0.4 is 0 Å². The summed E-state index contributed by atoms with van der Waals surface area (Å²) >= 11 is 0. The quantitative estimate of drug-likeness (QED) is 0.273. The van der Waals surface area contributed by atoms with Gasteiger partial charge < -0.3 is 0 Å². The molecule has 1 aromatic carbocycles. The van der Waals surface area contributed by atoms with Crippen LogP contribution in [0.4, 0.5) is 0 Å². The summed E-state index contributed by atoms with van der Waals surface area (Å²) < 4.78 is 0. The van der Waals surface area contributed by atoms with Gasteiger partial charge in [0, 0.05) is 0 Å². The van der Waals surface area contributed by atoms with Gasteiger partial charge in [-0.3, -0.25) is 0 Å². The number of benzene rings is 1. The molecule has 34 heavy (non-hydrogen) atoms. The van der Waals surface area contributed by atoms with Crippen molar-refractivity contribution in [3.05, 3.63) is 70.8 Å². The summed E-state index contributed by atoms with van der Waals surface area (Å²) in [6, 6.07) is 4.48. The number of aryl methyl sites for hydroxylation is 4. The normalized spacial score (nSPS) is 9.82. The predicted molar refractivity (Wildman–Crippen MR) is 164 cm³/mol. The minimum atomic E-state index is 0.642. The van der Waals surface area contributed by atoms with Gasteiger partial charge in [0.15, 0.2) is 0 Å². The van der Waals surface area contributed by atoms with Gasteiger partial charge in [-0.15, -0.1) is 6.58 Å². The zero-order valence-electron chi connectivity index (χ0n) is 26.2. The molecule has 0 N–H and O–H groups in total. The summed E-state index contributed by atoms with van der Waals surface area (Å²) in [4.78, 5) is 0. The highest BCUT2D eigenvalue weighted by Gasteiger charge is 2.18. The van der Waals surface area contributed by atoms with Gasteiger partial charge in [-0.25, -0.2) is 0 Å². The molecule has 0 nitrogen and oxygen atoms in total. The van der Waals surface area contributed by atoms with E-state index < -0.39 is 0 Å². The van der Waals surface area contributed by atoms with Crippen LogP contribution in [0.25, 0.3) is 0 Å². The van der Waals surface area contributed by atoms with Crippen molar-refractivity contribution < 1.29 is 0 Å². The highest BCUT2D eigenvalue weighted by atomic mass is 14.2. The first-order valence-corrected chi connectivity index (χ1v) is 13.7. The number of hydrogen-bond donors (Lipinski definition) is 0. The van der Waals surface area contributed by atoms with Gasteiger partial charge in [-0.1, -0.05) is 116 Å². The van der Waals surface area contributed by atoms with Gasteiger partial charge in [0.25, 0.3) is 0 Å². The van der Waals surface area contributed by atoms with Crippen LogP contribution >= 0.6 is 0 Å². The SMILES string of the molecule is C=C(C)/C=C\C.C=C(C)CC.CCC.CCCC(C)(CC)CCC.Cc1cc(C)c(C)cc1C. The Labute approximate surface area is 218 Å². The van der Waals surface area contributed by atoms with Crippen molar-refractivity contribution in [2.75, 3.05) is 0 Å². The van der Waals surface area contributed by atoms with E-state index >= 15 is 0 Å². The van der Waals surface area contributed by atoms with Gasteiger partial charge in [0.1, 0.15) is 0 Å². The maximum Gasteiger partial charge on any atom is -0.0329 e. The topological polar surface area (TPSA) is 0 Å². The fourth-order valence-electron chi connectivity index (χ4n) is 3.08. The van der Waals surface area contributed by atoms with E-state index in [2.05, 4.69) is 101 Å². The Morgan fingerprint density at radius 2 is 1.06 bits per heavy atom. The van der Waals surface area contributed by atoms with Crippen LogP contribution in [-0.4, -0.2) is 0 Å². The smallest absolute Gasteiger partial charge is 0.0329 e. The maximum absolute atomic E-state index is 3.67. The molecule has 0 aliphatic carbocycles. The molecule has 0 radical (unpaired) electrons. The molecule has 0 aromatic heterocycles. The van der Waals surface area contributed by atoms with E-state index in [1.165, 1.54) is 66.4 Å². The number of hydrogen-bond acceptors (Lipinski definition) is 0. The molecule has 0 unspecified atom stereocenters. The van der Waals surface area contributed by atoms with Crippen LogP contribution in [0, 0.1) is 33.1 Å². The lowest BCUT2D eigenvalue weighted by Crippen LogP contribution is -2.13. The van der Waals surface area contributed by atoms with Gasteiger partial charge >= 0.3 is 0 Å². The molecule has 1 aromatic rings. The molecule has 200 valence electrons. The van der Waals surface area contributed by atoms with E-state index in [0.717, 1.165) is 12.0 Å². The molecule has 0 bridgehead atoms. The first kappa shape index (κ1) is 39.6. The maximum atomic E-state index is 3.67. The minimum Gasteiger partial charge on any atom is -0.100 e. The highest BCUT2D eigenvalue weighted by molar-refractivity contribution is 5.35. The molecule has 0 amide bonds. The molecule has 0 saturated carbocycles. The summed E-state index contributed by atoms with van der Waals surface area (Å²) in [5.74, 6) is 0. The fourth-order valence-corrected chi connectivity index (χ4v) is 3.08. The van der Waals surface area contributed by atoms with Gasteiger partial charge in [-0.2, -0.15) is 0 Å². The van der Waals surface area contributed by atoms with Crippen molar-refractivity contribution in [2.24, 2.45) is 5.41 Å². The molecule has 0 aliphatic rings. The van der Waals surface area contributed by atoms with E-state index in [1.807, 2.05) is 32.9 Å². The molecule has 1 rings (SSSR count). The Morgan fingerprint density at radius 3 is 1.18 bits per heavy atom. The van der Waals surface area contributed by atoms with Crippen LogP contribution in [0.3, 0.4) is 0 Å². The van der Waals surface area contributed by atoms with Crippen molar-refractivity contribution in [1.29, 1.82) is 0 Å². The third-order valence-corrected chi connectivity index (χ3v) is 5.73. The third kappa shape index (κ3) is 28.5. The minimum absolute atomic E-state index is 0.642. The van der Waals surface area contributed by atoms with Crippen LogP contribution in [0.2, 0.25) is 0 Å². The molecular weight excluding hydrogens is 408 g/mol. The monoisotopic (exact) mass is 473 g/mol. The second-order valence-electron chi connectivity index (χ2n) is 10.0. The van der Waals surface area contributed by atoms with Crippen LogP contribution in [0.5, 0.6) is 0 Å². The fraction of sp³-hybridized carbons (Fsp3) is 0.647. The third-order valence-electron chi connectivity index (χ3n) is 5.73. The zero-order valence-corrected chi connectivity index (χ0v) is 26.2. The van der Waals surface area contributed by atoms with E-state index in [0.29, 0.717) is 5.41 Å². The first-order chi connectivity index (χ1) is 15.7. The number of rotatable bonds is 7. The predicted octanol–water partition coefficient (Wildman–Crippen LogP) is 12.5. The van der Waals surface area contributed by atoms with Crippen molar-refractivity contribution in [1.82, 2.24) is 0 Å². The Balaban J connectivity index is -0.000000176. The van der Waals surface area contributed by atoms with Gasteiger partial charge in [0.05, 0.1) is 0 Å². The van der Waals surface area contributed by atoms with Crippen molar-refractivity contribution in [3.63, 3.8) is 0 Å². The molecule has 0 atom stereocenters. The van der Waals surface area contributed by atoms with Gasteiger partial charge in [-0.05, 0) is 95.4 Å². The van der Waals surface area contributed by atoms with E-state index in [-0.39, 0.29) is 0 Å². The first-order valence-electron chi connectivity index (χ1n) is 13.7. The van der Waals surface area contributed by atoms with Crippen LogP contribution in [-0.2, 0) is 0 Å². The summed E-state index contributed by atoms with van der Waals surface area (Å²) in [5, 5.41) is 0. The lowest BCUT2D eigenvalue weighted by molar-refractivity contribution is 0.255. The Kier molecular flexibility index (Phi) is 30.4. The molecule has 0 heteroatoms. The Bertz CT molecular complexity index is 586. The lowest BCUT2D eigenvalue weighted by Gasteiger charge is -2.27. The van der Waals surface area contributed by atoms with Gasteiger partial charge in [0.2, 0.25) is 0 Å². The molecule has 0 aliphatic heterocycles. The zero-order chi connectivity index (χ0) is 27.7. The lowest BCUT2D eigenvalue weighted by atomic mass is 9.79. The second-order valence-corrected chi connectivity index (χ2v) is 10.0.